The highest BCUT2D eigenvalue weighted by atomic mass is 32.2. The van der Waals surface area contributed by atoms with Crippen LogP contribution in [0.1, 0.15) is 58.1 Å². The van der Waals surface area contributed by atoms with E-state index in [1.165, 1.54) is 11.8 Å². The van der Waals surface area contributed by atoms with Crippen molar-refractivity contribution in [1.82, 2.24) is 25.0 Å². The maximum Gasteiger partial charge on any atom is 0.187 e. The second-order valence-corrected chi connectivity index (χ2v) is 14.3. The van der Waals surface area contributed by atoms with Crippen molar-refractivity contribution in [2.45, 2.75) is 94.4 Å². The fraction of sp³-hybridized carbons (Fsp3) is 0.700. The zero-order chi connectivity index (χ0) is 28.6. The number of carbonyl (C=O) groups is 1. The molecule has 0 unspecified atom stereocenters. The average Bonchev–Trinajstić information content (AvgIpc) is 3.46. The van der Waals surface area contributed by atoms with Crippen LogP contribution in [0.15, 0.2) is 42.0 Å². The summed E-state index contributed by atoms with van der Waals surface area (Å²) in [5.74, 6) is -0.0269. The lowest BCUT2D eigenvalue weighted by atomic mass is 9.37. The van der Waals surface area contributed by atoms with Gasteiger partial charge in [0.15, 0.2) is 17.2 Å². The van der Waals surface area contributed by atoms with E-state index in [0.29, 0.717) is 48.9 Å². The smallest absolute Gasteiger partial charge is 0.187 e. The van der Waals surface area contributed by atoms with Gasteiger partial charge in [0.05, 0.1) is 36.0 Å². The van der Waals surface area contributed by atoms with E-state index in [-0.39, 0.29) is 17.1 Å². The monoisotopic (exact) mass is 581 g/mol. The number of Topliss-reactive ketones (excluding diaryl/α,β-unsaturated/α-hetero) is 1. The highest BCUT2D eigenvalue weighted by Crippen LogP contribution is 2.75. The van der Waals surface area contributed by atoms with Gasteiger partial charge in [0, 0.05) is 48.1 Å². The molecule has 6 fully saturated rings. The van der Waals surface area contributed by atoms with Crippen LogP contribution in [0, 0.1) is 34.0 Å². The van der Waals surface area contributed by atoms with Crippen LogP contribution in [-0.2, 0) is 26.6 Å². The summed E-state index contributed by atoms with van der Waals surface area (Å²) in [5.41, 5.74) is -0.331. The van der Waals surface area contributed by atoms with E-state index in [4.69, 9.17) is 9.47 Å². The van der Waals surface area contributed by atoms with Crippen molar-refractivity contribution >= 4 is 17.5 Å². The minimum Gasteiger partial charge on any atom is -0.393 e. The summed E-state index contributed by atoms with van der Waals surface area (Å²) >= 11 is 1.52. The van der Waals surface area contributed by atoms with Gasteiger partial charge >= 0.3 is 0 Å². The number of aliphatic hydroxyl groups is 2. The molecule has 2 aromatic rings. The summed E-state index contributed by atoms with van der Waals surface area (Å²) in [6.07, 6.45) is 7.45. The first-order chi connectivity index (χ1) is 19.7. The highest BCUT2D eigenvalue weighted by Gasteiger charge is 2.81. The van der Waals surface area contributed by atoms with E-state index in [1.54, 1.807) is 18.5 Å². The molecule has 220 valence electrons. The number of aryl methyl sites for hydroxylation is 1. The van der Waals surface area contributed by atoms with Crippen molar-refractivity contribution in [3.8, 4) is 0 Å². The number of hydrogen-bond donors (Lipinski definition) is 2. The predicted molar refractivity (Wildman–Crippen MR) is 149 cm³/mol. The number of ether oxygens (including phenoxy) is 2. The van der Waals surface area contributed by atoms with Crippen LogP contribution in [-0.4, -0.2) is 72.2 Å². The summed E-state index contributed by atoms with van der Waals surface area (Å²) in [6.45, 7) is 9.78. The van der Waals surface area contributed by atoms with Crippen molar-refractivity contribution in [2.24, 2.45) is 34.0 Å². The second-order valence-electron chi connectivity index (χ2n) is 13.3. The van der Waals surface area contributed by atoms with Crippen LogP contribution in [0.3, 0.4) is 0 Å². The van der Waals surface area contributed by atoms with Gasteiger partial charge in [-0.15, -0.1) is 5.10 Å². The Morgan fingerprint density at radius 3 is 2.83 bits per heavy atom. The van der Waals surface area contributed by atoms with Gasteiger partial charge in [-0.3, -0.25) is 9.48 Å². The van der Waals surface area contributed by atoms with Crippen LogP contribution in [0.4, 0.5) is 0 Å². The molecular weight excluding hydrogens is 542 g/mol. The van der Waals surface area contributed by atoms with Crippen molar-refractivity contribution in [3.05, 3.63) is 42.5 Å². The first-order valence-electron chi connectivity index (χ1n) is 14.8. The maximum absolute atomic E-state index is 13.9. The van der Waals surface area contributed by atoms with E-state index in [9.17, 15) is 15.0 Å². The summed E-state index contributed by atoms with van der Waals surface area (Å²) in [6, 6.07) is 1.79. The summed E-state index contributed by atoms with van der Waals surface area (Å²) < 4.78 is 15.1. The third kappa shape index (κ3) is 3.95. The van der Waals surface area contributed by atoms with E-state index >= 15 is 0 Å². The Kier molecular flexibility index (Phi) is 6.70. The molecule has 9 atom stereocenters. The van der Waals surface area contributed by atoms with Crippen LogP contribution < -0.4 is 0 Å². The fourth-order valence-electron chi connectivity index (χ4n) is 9.50. The molecular formula is C30H39N5O5S. The van der Waals surface area contributed by atoms with Crippen molar-refractivity contribution < 1.29 is 24.5 Å². The number of carbonyl (C=O) groups excluding carboxylic acids is 1. The minimum atomic E-state index is -1.12. The fourth-order valence-corrected chi connectivity index (χ4v) is 10.2. The van der Waals surface area contributed by atoms with Gasteiger partial charge in [0.25, 0.3) is 0 Å². The van der Waals surface area contributed by atoms with Crippen molar-refractivity contribution in [2.75, 3.05) is 6.61 Å². The third-order valence-electron chi connectivity index (χ3n) is 11.0. The Hall–Kier alpha value is -2.18. The van der Waals surface area contributed by atoms with Crippen molar-refractivity contribution in [1.29, 1.82) is 0 Å². The van der Waals surface area contributed by atoms with Crippen molar-refractivity contribution in [3.63, 3.8) is 0 Å². The molecule has 2 saturated heterocycles. The topological polar surface area (TPSA) is 132 Å². The number of nitrogens with zero attached hydrogens (tertiary/aromatic N) is 5. The molecule has 0 aromatic carbocycles. The molecule has 10 nitrogen and oxygen atoms in total. The number of rotatable bonds is 8. The SMILES string of the molecule is C=C1C(=O)[C@]23[C@H](O)[C@H]1C[C@H](O)[C@H]2[C@]12CCCC(C)(C)[C@H]1C[C@H]3O[C@@H]2OCCCn1cc(CSc2ncccn2)nn1. The zero-order valence-electron chi connectivity index (χ0n) is 23.7. The lowest BCUT2D eigenvalue weighted by Crippen LogP contribution is -2.78. The Morgan fingerprint density at radius 1 is 1.22 bits per heavy atom. The third-order valence-corrected chi connectivity index (χ3v) is 11.9. The van der Waals surface area contributed by atoms with E-state index in [2.05, 4.69) is 40.7 Å². The summed E-state index contributed by atoms with van der Waals surface area (Å²) in [5, 5.41) is 32.5. The Labute approximate surface area is 244 Å². The molecule has 0 radical (unpaired) electrons. The number of thioether (sulfide) groups is 1. The Morgan fingerprint density at radius 2 is 2.02 bits per heavy atom. The highest BCUT2D eigenvalue weighted by molar-refractivity contribution is 7.98. The molecule has 4 heterocycles. The molecule has 0 amide bonds. The lowest BCUT2D eigenvalue weighted by molar-refractivity contribution is -0.402. The molecule has 4 aliphatic carbocycles. The van der Waals surface area contributed by atoms with Crippen LogP contribution in [0.25, 0.3) is 0 Å². The summed E-state index contributed by atoms with van der Waals surface area (Å²) in [7, 11) is 0. The first kappa shape index (κ1) is 27.6. The number of aliphatic hydroxyl groups excluding tert-OH is 2. The standard InChI is InChI=1S/C30H39N5O5S/c1-17-19-13-20(36)23-29-8-4-7-28(2,3)21(29)14-22(30(23,24(17)37)25(19)38)40-26(29)39-12-6-11-35-15-18(33-34-35)16-41-27-31-9-5-10-32-27/h5,9-10,15,19-23,25-26,36,38H,1,4,6-8,11-14,16H2,2-3H3/t19-,20-,21+,22+,23-,25+,26-,29-,30+/m0/s1. The molecule has 4 bridgehead atoms. The lowest BCUT2D eigenvalue weighted by Gasteiger charge is -2.72. The Balaban J connectivity index is 1.07. The predicted octanol–water partition coefficient (Wildman–Crippen LogP) is 3.19. The molecule has 2 spiro atoms. The quantitative estimate of drug-likeness (QED) is 0.207. The molecule has 41 heavy (non-hydrogen) atoms. The van der Waals surface area contributed by atoms with E-state index < -0.39 is 47.3 Å². The maximum atomic E-state index is 13.9. The minimum absolute atomic E-state index is 0.0175. The molecule has 6 aliphatic rings. The zero-order valence-corrected chi connectivity index (χ0v) is 24.5. The molecule has 8 rings (SSSR count). The van der Waals surface area contributed by atoms with E-state index in [1.807, 2.05) is 10.9 Å². The van der Waals surface area contributed by atoms with Crippen LogP contribution in [0.5, 0.6) is 0 Å². The second kappa shape index (κ2) is 9.94. The van der Waals surface area contributed by atoms with E-state index in [0.717, 1.165) is 25.0 Å². The van der Waals surface area contributed by atoms with Gasteiger partial charge in [-0.1, -0.05) is 43.8 Å². The first-order valence-corrected chi connectivity index (χ1v) is 15.8. The summed E-state index contributed by atoms with van der Waals surface area (Å²) in [4.78, 5) is 22.3. The molecule has 2 aliphatic heterocycles. The number of hydrogen-bond acceptors (Lipinski definition) is 10. The molecule has 2 N–H and O–H groups in total. The van der Waals surface area contributed by atoms with Gasteiger partial charge in [-0.05, 0) is 55.1 Å². The largest absolute Gasteiger partial charge is 0.393 e. The van der Waals surface area contributed by atoms with Gasteiger partial charge < -0.3 is 19.7 Å². The van der Waals surface area contributed by atoms with Gasteiger partial charge in [0.2, 0.25) is 0 Å². The molecule has 4 saturated carbocycles. The molecule has 2 aromatic heterocycles. The Bertz CT molecular complexity index is 1340. The normalized spacial score (nSPS) is 40.4. The van der Waals surface area contributed by atoms with Gasteiger partial charge in [0.1, 0.15) is 0 Å². The number of fused-ring (bicyclic) bond motifs is 2. The average molecular weight is 582 g/mol. The number of ketones is 1. The van der Waals surface area contributed by atoms with Gasteiger partial charge in [-0.2, -0.15) is 0 Å². The van der Waals surface area contributed by atoms with Crippen LogP contribution >= 0.6 is 11.8 Å². The van der Waals surface area contributed by atoms with Crippen LogP contribution in [0.2, 0.25) is 0 Å². The van der Waals surface area contributed by atoms with Gasteiger partial charge in [-0.25, -0.2) is 9.97 Å². The number of aromatic nitrogens is 5. The molecule has 11 heteroatoms.